The third-order valence-corrected chi connectivity index (χ3v) is 9.72. The van der Waals surface area contributed by atoms with Gasteiger partial charge in [-0.1, -0.05) is 23.7 Å². The smallest absolute Gasteiger partial charge is 0.308 e. The summed E-state index contributed by atoms with van der Waals surface area (Å²) in [5.41, 5.74) is 0.762. The van der Waals surface area contributed by atoms with Crippen molar-refractivity contribution in [3.05, 3.63) is 83.4 Å². The zero-order valence-electron chi connectivity index (χ0n) is 19.7. The van der Waals surface area contributed by atoms with Gasteiger partial charge in [0.1, 0.15) is 11.5 Å². The highest BCUT2D eigenvalue weighted by Crippen LogP contribution is 2.44. The molecule has 4 rings (SSSR count). The van der Waals surface area contributed by atoms with Crippen LogP contribution in [0.1, 0.15) is 18.0 Å². The summed E-state index contributed by atoms with van der Waals surface area (Å²) in [6.45, 7) is -0.162. The number of nitrogens with zero attached hydrogens (tertiary/aromatic N) is 1. The van der Waals surface area contributed by atoms with E-state index in [2.05, 4.69) is 0 Å². The maximum absolute atomic E-state index is 13.8. The first-order chi connectivity index (χ1) is 17.2. The first-order valence-electron chi connectivity index (χ1n) is 11.2. The number of hydrogen-bond acceptors (Lipinski definition) is 6. The van der Waals surface area contributed by atoms with Gasteiger partial charge in [-0.05, 0) is 72.6 Å². The van der Waals surface area contributed by atoms with Gasteiger partial charge in [0, 0.05) is 21.7 Å². The molecule has 0 aliphatic carbocycles. The fourth-order valence-corrected chi connectivity index (χ4v) is 7.34. The van der Waals surface area contributed by atoms with Crippen LogP contribution in [0.3, 0.4) is 0 Å². The van der Waals surface area contributed by atoms with Crippen LogP contribution in [0.4, 0.5) is 0 Å². The summed E-state index contributed by atoms with van der Waals surface area (Å²) >= 11 is 7.41. The van der Waals surface area contributed by atoms with E-state index in [1.165, 1.54) is 40.3 Å². The maximum Gasteiger partial charge on any atom is 0.308 e. The number of methoxy groups -OCH3 is 2. The number of benzene rings is 3. The summed E-state index contributed by atoms with van der Waals surface area (Å²) in [5.74, 6) is -0.595. The number of piperidine rings is 1. The van der Waals surface area contributed by atoms with Crippen molar-refractivity contribution in [2.24, 2.45) is 5.92 Å². The van der Waals surface area contributed by atoms with E-state index in [0.29, 0.717) is 22.9 Å². The Bertz CT molecular complexity index is 1300. The fourth-order valence-electron chi connectivity index (χ4n) is 4.27. The molecule has 0 spiro atoms. The number of ether oxygens (including phenoxy) is 2. The molecule has 36 heavy (non-hydrogen) atoms. The molecule has 0 unspecified atom stereocenters. The van der Waals surface area contributed by atoms with Crippen LogP contribution >= 0.6 is 23.4 Å². The Morgan fingerprint density at radius 3 is 2.03 bits per heavy atom. The number of carboxylic acids is 1. The van der Waals surface area contributed by atoms with Gasteiger partial charge in [-0.15, -0.1) is 11.8 Å². The van der Waals surface area contributed by atoms with E-state index in [-0.39, 0.29) is 16.7 Å². The number of rotatable bonds is 8. The summed E-state index contributed by atoms with van der Waals surface area (Å²) in [6, 6.07) is 19.9. The molecule has 3 aromatic carbocycles. The van der Waals surface area contributed by atoms with E-state index in [0.717, 1.165) is 10.5 Å². The molecule has 0 bridgehead atoms. The summed E-state index contributed by atoms with van der Waals surface area (Å²) in [6.07, 6.45) is 0.312. The molecule has 0 radical (unpaired) electrons. The van der Waals surface area contributed by atoms with E-state index in [4.69, 9.17) is 21.1 Å². The van der Waals surface area contributed by atoms with Crippen molar-refractivity contribution >= 4 is 39.4 Å². The van der Waals surface area contributed by atoms with E-state index >= 15 is 0 Å². The van der Waals surface area contributed by atoms with Crippen molar-refractivity contribution < 1.29 is 27.8 Å². The lowest BCUT2D eigenvalue weighted by atomic mass is 9.90. The normalized spacial score (nSPS) is 20.6. The number of thioether (sulfide) groups is 1. The van der Waals surface area contributed by atoms with Gasteiger partial charge < -0.3 is 14.6 Å². The quantitative estimate of drug-likeness (QED) is 0.406. The molecule has 3 atom stereocenters. The minimum Gasteiger partial charge on any atom is -0.497 e. The standard InChI is InChI=1S/C26H26ClNO6S2/c1-33-19-7-3-17(4-8-19)24-15-25(35-21-11-9-20(34-2)10-12-21)23(26(29)30)16-28(24)36(31,32)22-13-5-18(27)6-14-22/h3-14,23-25H,15-16H2,1-2H3,(H,29,30)/t23-,24+,25-/m1/s1. The minimum atomic E-state index is -4.01. The molecule has 1 aliphatic heterocycles. The predicted octanol–water partition coefficient (Wildman–Crippen LogP) is 5.35. The first-order valence-corrected chi connectivity index (χ1v) is 13.9. The molecule has 3 aromatic rings. The Balaban J connectivity index is 1.73. The lowest BCUT2D eigenvalue weighted by Gasteiger charge is -2.41. The molecular formula is C26H26ClNO6S2. The highest BCUT2D eigenvalue weighted by atomic mass is 35.5. The monoisotopic (exact) mass is 547 g/mol. The zero-order chi connectivity index (χ0) is 25.9. The van der Waals surface area contributed by atoms with Crippen LogP contribution in [0, 0.1) is 5.92 Å². The van der Waals surface area contributed by atoms with Gasteiger partial charge in [-0.2, -0.15) is 4.31 Å². The van der Waals surface area contributed by atoms with Crippen molar-refractivity contribution in [2.45, 2.75) is 27.5 Å². The second-order valence-corrected chi connectivity index (χ2v) is 12.0. The summed E-state index contributed by atoms with van der Waals surface area (Å²) in [5, 5.41) is 10.1. The third-order valence-electron chi connectivity index (χ3n) is 6.21. The van der Waals surface area contributed by atoms with Gasteiger partial charge in [0.25, 0.3) is 0 Å². The van der Waals surface area contributed by atoms with Crippen LogP contribution in [-0.2, 0) is 14.8 Å². The highest BCUT2D eigenvalue weighted by Gasteiger charge is 2.45. The van der Waals surface area contributed by atoms with Crippen molar-refractivity contribution in [2.75, 3.05) is 20.8 Å². The van der Waals surface area contributed by atoms with Gasteiger partial charge in [-0.25, -0.2) is 8.42 Å². The van der Waals surface area contributed by atoms with E-state index in [1.54, 1.807) is 26.4 Å². The number of hydrogen-bond donors (Lipinski definition) is 1. The molecule has 1 saturated heterocycles. The highest BCUT2D eigenvalue weighted by molar-refractivity contribution is 8.00. The molecular weight excluding hydrogens is 522 g/mol. The molecule has 0 amide bonds. The molecule has 7 nitrogen and oxygen atoms in total. The number of carboxylic acid groups (broad SMARTS) is 1. The van der Waals surface area contributed by atoms with Gasteiger partial charge >= 0.3 is 5.97 Å². The number of aliphatic carboxylic acids is 1. The van der Waals surface area contributed by atoms with Crippen LogP contribution in [0.15, 0.2) is 82.6 Å². The first kappa shape index (κ1) is 26.3. The summed E-state index contributed by atoms with van der Waals surface area (Å²) < 4.78 is 39.3. The lowest BCUT2D eigenvalue weighted by Crippen LogP contribution is -2.49. The van der Waals surface area contributed by atoms with Crippen LogP contribution in [0.2, 0.25) is 5.02 Å². The summed E-state index contributed by atoms with van der Waals surface area (Å²) in [4.78, 5) is 13.3. The van der Waals surface area contributed by atoms with Crippen molar-refractivity contribution in [3.63, 3.8) is 0 Å². The number of halogens is 1. The predicted molar refractivity (Wildman–Crippen MR) is 139 cm³/mol. The second kappa shape index (κ2) is 11.1. The van der Waals surface area contributed by atoms with Gasteiger partial charge in [0.2, 0.25) is 10.0 Å². The topological polar surface area (TPSA) is 93.1 Å². The van der Waals surface area contributed by atoms with Crippen LogP contribution in [0.25, 0.3) is 0 Å². The Kier molecular flexibility index (Phi) is 8.14. The molecule has 1 N–H and O–H groups in total. The minimum absolute atomic E-state index is 0.0656. The van der Waals surface area contributed by atoms with Gasteiger partial charge in [-0.3, -0.25) is 4.79 Å². The van der Waals surface area contributed by atoms with Crippen molar-refractivity contribution in [1.29, 1.82) is 0 Å². The Morgan fingerprint density at radius 1 is 0.944 bits per heavy atom. The average Bonchev–Trinajstić information content (AvgIpc) is 2.89. The number of carbonyl (C=O) groups is 1. The summed E-state index contributed by atoms with van der Waals surface area (Å²) in [7, 11) is -0.866. The molecule has 1 fully saturated rings. The van der Waals surface area contributed by atoms with Crippen LogP contribution in [0.5, 0.6) is 11.5 Å². The number of sulfonamides is 1. The van der Waals surface area contributed by atoms with Crippen molar-refractivity contribution in [3.8, 4) is 11.5 Å². The molecule has 0 saturated carbocycles. The average molecular weight is 548 g/mol. The van der Waals surface area contributed by atoms with Crippen LogP contribution < -0.4 is 9.47 Å². The molecule has 190 valence electrons. The zero-order valence-corrected chi connectivity index (χ0v) is 22.1. The van der Waals surface area contributed by atoms with E-state index in [1.807, 2.05) is 36.4 Å². The van der Waals surface area contributed by atoms with Crippen molar-refractivity contribution in [1.82, 2.24) is 4.31 Å². The molecule has 0 aromatic heterocycles. The van der Waals surface area contributed by atoms with Gasteiger partial charge in [0.05, 0.1) is 31.1 Å². The Labute approximate surface area is 220 Å². The SMILES string of the molecule is COc1ccc(S[C@@H]2C[C@@H](c3ccc(OC)cc3)N(S(=O)(=O)c3ccc(Cl)cc3)C[C@H]2C(=O)O)cc1. The molecule has 1 aliphatic rings. The van der Waals surface area contributed by atoms with Gasteiger partial charge in [0.15, 0.2) is 0 Å². The largest absolute Gasteiger partial charge is 0.497 e. The third kappa shape index (κ3) is 5.64. The molecule has 1 heterocycles. The maximum atomic E-state index is 13.8. The van der Waals surface area contributed by atoms with E-state index < -0.39 is 28.0 Å². The Hall–Kier alpha value is -2.72. The molecule has 10 heteroatoms. The second-order valence-electron chi connectivity index (χ2n) is 8.33. The lowest BCUT2D eigenvalue weighted by molar-refractivity contribution is -0.143. The fraction of sp³-hybridized carbons (Fsp3) is 0.269. The Morgan fingerprint density at radius 2 is 1.50 bits per heavy atom. The van der Waals surface area contributed by atoms with Crippen LogP contribution in [-0.4, -0.2) is 49.8 Å². The van der Waals surface area contributed by atoms with E-state index in [9.17, 15) is 18.3 Å².